The van der Waals surface area contributed by atoms with Crippen LogP contribution in [0.2, 0.25) is 5.02 Å². The lowest BCUT2D eigenvalue weighted by Crippen LogP contribution is -2.28. The first-order valence-electron chi connectivity index (χ1n) is 7.41. The van der Waals surface area contributed by atoms with Gasteiger partial charge in [0, 0.05) is 10.6 Å². The first-order chi connectivity index (χ1) is 10.6. The van der Waals surface area contributed by atoms with Crippen molar-refractivity contribution in [2.45, 2.75) is 19.4 Å². The summed E-state index contributed by atoms with van der Waals surface area (Å²) < 4.78 is 0. The molecule has 3 nitrogen and oxygen atoms in total. The fourth-order valence-corrected chi connectivity index (χ4v) is 2.70. The molecule has 0 spiro atoms. The molecule has 0 saturated carbocycles. The number of benzene rings is 2. The van der Waals surface area contributed by atoms with Crippen molar-refractivity contribution in [3.05, 3.63) is 70.2 Å². The first kappa shape index (κ1) is 16.5. The summed E-state index contributed by atoms with van der Waals surface area (Å²) in [6, 6.07) is 15.1. The van der Waals surface area contributed by atoms with Gasteiger partial charge in [0.25, 0.3) is 5.91 Å². The Bertz CT molecular complexity index is 642. The van der Waals surface area contributed by atoms with E-state index in [1.165, 1.54) is 0 Å². The van der Waals surface area contributed by atoms with Crippen molar-refractivity contribution in [2.75, 3.05) is 13.6 Å². The summed E-state index contributed by atoms with van der Waals surface area (Å²) in [4.78, 5) is 12.5. The Hall–Kier alpha value is -1.84. The van der Waals surface area contributed by atoms with Crippen LogP contribution in [0.1, 0.15) is 34.5 Å². The Balaban J connectivity index is 2.14. The minimum absolute atomic E-state index is 0.0703. The molecule has 0 bridgehead atoms. The topological polar surface area (TPSA) is 41.1 Å². The maximum Gasteiger partial charge on any atom is 0.252 e. The van der Waals surface area contributed by atoms with Crippen LogP contribution >= 0.6 is 11.6 Å². The molecular weight excluding hydrogens is 296 g/mol. The molecule has 0 aromatic heterocycles. The zero-order valence-corrected chi connectivity index (χ0v) is 13.7. The van der Waals surface area contributed by atoms with Gasteiger partial charge in [-0.25, -0.2) is 0 Å². The standard InChI is InChI=1S/C18H21ClN2O/c1-13(15-8-5-6-10-17(15)19)21-18(22)16-9-4-3-7-14(16)11-12-20-2/h3-10,13,20H,11-12H2,1-2H3,(H,21,22). The van der Waals surface area contributed by atoms with Crippen LogP contribution in [0.4, 0.5) is 0 Å². The van der Waals surface area contributed by atoms with Gasteiger partial charge in [-0.05, 0) is 50.2 Å². The molecule has 0 fully saturated rings. The van der Waals surface area contributed by atoms with Crippen molar-refractivity contribution in [2.24, 2.45) is 0 Å². The van der Waals surface area contributed by atoms with E-state index in [2.05, 4.69) is 10.6 Å². The highest BCUT2D eigenvalue weighted by Crippen LogP contribution is 2.22. The number of nitrogens with one attached hydrogen (secondary N) is 2. The number of amides is 1. The predicted molar refractivity (Wildman–Crippen MR) is 91.4 cm³/mol. The van der Waals surface area contributed by atoms with Crippen molar-refractivity contribution in [3.63, 3.8) is 0 Å². The first-order valence-corrected chi connectivity index (χ1v) is 7.79. The lowest BCUT2D eigenvalue weighted by atomic mass is 10.0. The molecule has 0 saturated heterocycles. The van der Waals surface area contributed by atoms with Crippen LogP contribution in [0.3, 0.4) is 0 Å². The third-order valence-corrected chi connectivity index (χ3v) is 3.97. The van der Waals surface area contributed by atoms with Crippen LogP contribution in [0, 0.1) is 0 Å². The van der Waals surface area contributed by atoms with Gasteiger partial charge < -0.3 is 10.6 Å². The summed E-state index contributed by atoms with van der Waals surface area (Å²) in [7, 11) is 1.90. The zero-order chi connectivity index (χ0) is 15.9. The molecule has 0 radical (unpaired) electrons. The third kappa shape index (κ3) is 4.09. The highest BCUT2D eigenvalue weighted by Gasteiger charge is 2.15. The minimum Gasteiger partial charge on any atom is -0.345 e. The molecule has 0 aliphatic rings. The smallest absolute Gasteiger partial charge is 0.252 e. The third-order valence-electron chi connectivity index (χ3n) is 3.63. The molecule has 1 amide bonds. The van der Waals surface area contributed by atoms with Crippen LogP contribution in [0.5, 0.6) is 0 Å². The lowest BCUT2D eigenvalue weighted by molar-refractivity contribution is 0.0939. The quantitative estimate of drug-likeness (QED) is 0.855. The van der Waals surface area contributed by atoms with Crippen molar-refractivity contribution in [1.82, 2.24) is 10.6 Å². The molecule has 4 heteroatoms. The molecule has 2 aromatic rings. The zero-order valence-electron chi connectivity index (χ0n) is 12.9. The summed E-state index contributed by atoms with van der Waals surface area (Å²) in [5.41, 5.74) is 2.68. The number of carbonyl (C=O) groups excluding carboxylic acids is 1. The molecule has 0 heterocycles. The Kier molecular flexibility index (Phi) is 5.99. The van der Waals surface area contributed by atoms with Crippen LogP contribution in [-0.2, 0) is 6.42 Å². The molecular formula is C18H21ClN2O. The minimum atomic E-state index is -0.140. The van der Waals surface area contributed by atoms with E-state index >= 15 is 0 Å². The summed E-state index contributed by atoms with van der Waals surface area (Å²) in [6.07, 6.45) is 0.820. The predicted octanol–water partition coefficient (Wildman–Crippen LogP) is 3.59. The monoisotopic (exact) mass is 316 g/mol. The van der Waals surface area contributed by atoms with Crippen LogP contribution in [-0.4, -0.2) is 19.5 Å². The SMILES string of the molecule is CNCCc1ccccc1C(=O)NC(C)c1ccccc1Cl. The summed E-state index contributed by atoms with van der Waals surface area (Å²) >= 11 is 6.19. The number of rotatable bonds is 6. The Labute approximate surface area is 136 Å². The van der Waals surface area contributed by atoms with Gasteiger partial charge in [-0.1, -0.05) is 48.0 Å². The van der Waals surface area contributed by atoms with E-state index < -0.39 is 0 Å². The molecule has 0 aliphatic carbocycles. The number of likely N-dealkylation sites (N-methyl/N-ethyl adjacent to an activating group) is 1. The van der Waals surface area contributed by atoms with E-state index in [4.69, 9.17) is 11.6 Å². The van der Waals surface area contributed by atoms with Gasteiger partial charge in [0.1, 0.15) is 0 Å². The molecule has 2 rings (SSSR count). The highest BCUT2D eigenvalue weighted by atomic mass is 35.5. The Morgan fingerprint density at radius 2 is 1.82 bits per heavy atom. The van der Waals surface area contributed by atoms with Crippen molar-refractivity contribution < 1.29 is 4.79 Å². The lowest BCUT2D eigenvalue weighted by Gasteiger charge is -2.17. The van der Waals surface area contributed by atoms with E-state index in [1.807, 2.05) is 62.5 Å². The van der Waals surface area contributed by atoms with Crippen molar-refractivity contribution >= 4 is 17.5 Å². The maximum absolute atomic E-state index is 12.5. The maximum atomic E-state index is 12.5. The van der Waals surface area contributed by atoms with Gasteiger partial charge in [-0.2, -0.15) is 0 Å². The molecule has 2 aromatic carbocycles. The molecule has 116 valence electrons. The number of hydrogen-bond acceptors (Lipinski definition) is 2. The second-order valence-electron chi connectivity index (χ2n) is 5.23. The fraction of sp³-hybridized carbons (Fsp3) is 0.278. The van der Waals surface area contributed by atoms with Gasteiger partial charge in [0.15, 0.2) is 0 Å². The van der Waals surface area contributed by atoms with Gasteiger partial charge >= 0.3 is 0 Å². The van der Waals surface area contributed by atoms with Gasteiger partial charge in [0.2, 0.25) is 0 Å². The molecule has 0 aliphatic heterocycles. The normalized spacial score (nSPS) is 12.0. The van der Waals surface area contributed by atoms with E-state index in [0.717, 1.165) is 29.7 Å². The second kappa shape index (κ2) is 7.97. The van der Waals surface area contributed by atoms with Crippen LogP contribution in [0.25, 0.3) is 0 Å². The van der Waals surface area contributed by atoms with Crippen molar-refractivity contribution in [1.29, 1.82) is 0 Å². The summed E-state index contributed by atoms with van der Waals surface area (Å²) in [5, 5.41) is 6.80. The van der Waals surface area contributed by atoms with Gasteiger partial charge in [-0.3, -0.25) is 4.79 Å². The molecule has 1 atom stereocenters. The highest BCUT2D eigenvalue weighted by molar-refractivity contribution is 6.31. The van der Waals surface area contributed by atoms with E-state index in [-0.39, 0.29) is 11.9 Å². The fourth-order valence-electron chi connectivity index (χ4n) is 2.40. The van der Waals surface area contributed by atoms with Crippen LogP contribution in [0.15, 0.2) is 48.5 Å². The molecule has 22 heavy (non-hydrogen) atoms. The largest absolute Gasteiger partial charge is 0.345 e. The Morgan fingerprint density at radius 3 is 2.55 bits per heavy atom. The van der Waals surface area contributed by atoms with Gasteiger partial charge in [0.05, 0.1) is 6.04 Å². The van der Waals surface area contributed by atoms with E-state index in [0.29, 0.717) is 5.02 Å². The van der Waals surface area contributed by atoms with Crippen molar-refractivity contribution in [3.8, 4) is 0 Å². The summed E-state index contributed by atoms with van der Waals surface area (Å²) in [5.74, 6) is -0.0703. The van der Waals surface area contributed by atoms with E-state index in [1.54, 1.807) is 0 Å². The number of halogens is 1. The average molecular weight is 317 g/mol. The number of carbonyl (C=O) groups is 1. The Morgan fingerprint density at radius 1 is 1.14 bits per heavy atom. The number of hydrogen-bond donors (Lipinski definition) is 2. The van der Waals surface area contributed by atoms with Gasteiger partial charge in [-0.15, -0.1) is 0 Å². The molecule has 2 N–H and O–H groups in total. The van der Waals surface area contributed by atoms with E-state index in [9.17, 15) is 4.79 Å². The van der Waals surface area contributed by atoms with Crippen LogP contribution < -0.4 is 10.6 Å². The summed E-state index contributed by atoms with van der Waals surface area (Å²) in [6.45, 7) is 2.78. The average Bonchev–Trinajstić information content (AvgIpc) is 2.53. The second-order valence-corrected chi connectivity index (χ2v) is 5.63. The molecule has 1 unspecified atom stereocenters.